The van der Waals surface area contributed by atoms with Crippen molar-refractivity contribution in [3.05, 3.63) is 96.2 Å². The van der Waals surface area contributed by atoms with Crippen molar-refractivity contribution < 1.29 is 14.3 Å². The lowest BCUT2D eigenvalue weighted by atomic mass is 10.0. The van der Waals surface area contributed by atoms with Crippen LogP contribution in [0, 0.1) is 0 Å². The number of carbonyl (C=O) groups excluding carboxylic acids is 2. The summed E-state index contributed by atoms with van der Waals surface area (Å²) in [6.07, 6.45) is 1.24. The maximum atomic E-state index is 13.1. The molecule has 4 aromatic rings. The van der Waals surface area contributed by atoms with E-state index in [-0.39, 0.29) is 5.78 Å². The Morgan fingerprint density at radius 2 is 1.59 bits per heavy atom. The first-order chi connectivity index (χ1) is 14.2. The molecule has 4 rings (SSSR count). The van der Waals surface area contributed by atoms with Crippen molar-refractivity contribution in [2.24, 2.45) is 0 Å². The van der Waals surface area contributed by atoms with Gasteiger partial charge in [-0.25, -0.2) is 4.79 Å². The predicted molar refractivity (Wildman–Crippen MR) is 113 cm³/mol. The van der Waals surface area contributed by atoms with E-state index < -0.39 is 6.09 Å². The number of rotatable bonds is 5. The lowest BCUT2D eigenvalue weighted by Gasteiger charge is -2.11. The second-order valence-electron chi connectivity index (χ2n) is 6.51. The van der Waals surface area contributed by atoms with Gasteiger partial charge in [-0.15, -0.1) is 0 Å². The Kier molecular flexibility index (Phi) is 5.12. The van der Waals surface area contributed by atoms with Crippen LogP contribution in [0.25, 0.3) is 16.6 Å². The number of nitrogens with one attached hydrogen (secondary N) is 1. The highest BCUT2D eigenvalue weighted by molar-refractivity contribution is 6.11. The molecule has 0 saturated carbocycles. The number of ketones is 1. The van der Waals surface area contributed by atoms with Gasteiger partial charge in [0.1, 0.15) is 0 Å². The molecule has 0 radical (unpaired) electrons. The van der Waals surface area contributed by atoms with E-state index >= 15 is 0 Å². The molecule has 0 saturated heterocycles. The summed E-state index contributed by atoms with van der Waals surface area (Å²) in [5.74, 6) is 0.374. The molecular weight excluding hydrogens is 364 g/mol. The standard InChI is InChI=1S/C24H20N2O3/c1-2-25-24(28)29-22-16-26(20-14-8-6-12-18(20)22)21-15-9-7-13-19(21)23(27)17-10-4-3-5-11-17/h3-16H,2H2,1H3,(H,25,28). The van der Waals surface area contributed by atoms with Crippen LogP contribution in [0.3, 0.4) is 0 Å². The molecule has 3 aromatic carbocycles. The molecule has 1 aromatic heterocycles. The molecule has 0 bridgehead atoms. The molecule has 5 nitrogen and oxygen atoms in total. The summed E-state index contributed by atoms with van der Waals surface area (Å²) in [4.78, 5) is 25.1. The first kappa shape index (κ1) is 18.5. The molecule has 1 N–H and O–H groups in total. The van der Waals surface area contributed by atoms with Gasteiger partial charge < -0.3 is 14.6 Å². The highest BCUT2D eigenvalue weighted by Crippen LogP contribution is 2.32. The average Bonchev–Trinajstić information content (AvgIpc) is 3.12. The molecule has 0 atom stereocenters. The van der Waals surface area contributed by atoms with Crippen LogP contribution in [0.4, 0.5) is 4.79 Å². The van der Waals surface area contributed by atoms with Crippen LogP contribution in [0.5, 0.6) is 5.75 Å². The minimum atomic E-state index is -0.510. The zero-order valence-corrected chi connectivity index (χ0v) is 16.0. The quantitative estimate of drug-likeness (QED) is 0.494. The smallest absolute Gasteiger partial charge is 0.408 e. The number of fused-ring (bicyclic) bond motifs is 1. The van der Waals surface area contributed by atoms with Gasteiger partial charge in [0.15, 0.2) is 11.5 Å². The summed E-state index contributed by atoms with van der Waals surface area (Å²) in [7, 11) is 0. The SMILES string of the molecule is CCNC(=O)Oc1cn(-c2ccccc2C(=O)c2ccccc2)c2ccccc12. The maximum Gasteiger partial charge on any atom is 0.412 e. The van der Waals surface area contributed by atoms with Gasteiger partial charge in [0, 0.05) is 23.1 Å². The summed E-state index contributed by atoms with van der Waals surface area (Å²) >= 11 is 0. The zero-order chi connectivity index (χ0) is 20.2. The number of hydrogen-bond donors (Lipinski definition) is 1. The van der Waals surface area contributed by atoms with Gasteiger partial charge in [-0.1, -0.05) is 54.6 Å². The molecule has 0 aliphatic heterocycles. The van der Waals surface area contributed by atoms with Gasteiger partial charge in [-0.05, 0) is 31.2 Å². The first-order valence-corrected chi connectivity index (χ1v) is 9.44. The van der Waals surface area contributed by atoms with Crippen molar-refractivity contribution >= 4 is 22.8 Å². The zero-order valence-electron chi connectivity index (χ0n) is 16.0. The van der Waals surface area contributed by atoms with Gasteiger partial charge in [0.25, 0.3) is 0 Å². The van der Waals surface area contributed by atoms with E-state index in [1.54, 1.807) is 18.3 Å². The van der Waals surface area contributed by atoms with Crippen molar-refractivity contribution in [3.8, 4) is 11.4 Å². The number of hydrogen-bond acceptors (Lipinski definition) is 3. The van der Waals surface area contributed by atoms with E-state index in [0.717, 1.165) is 16.6 Å². The van der Waals surface area contributed by atoms with Crippen LogP contribution in [0.2, 0.25) is 0 Å². The van der Waals surface area contributed by atoms with Crippen LogP contribution in [-0.2, 0) is 0 Å². The topological polar surface area (TPSA) is 60.3 Å². The normalized spacial score (nSPS) is 10.7. The summed E-state index contributed by atoms with van der Waals surface area (Å²) < 4.78 is 7.39. The van der Waals surface area contributed by atoms with Crippen LogP contribution < -0.4 is 10.1 Å². The minimum Gasteiger partial charge on any atom is -0.408 e. The van der Waals surface area contributed by atoms with Crippen LogP contribution in [0.1, 0.15) is 22.8 Å². The summed E-state index contributed by atoms with van der Waals surface area (Å²) in [6, 6.07) is 24.2. The predicted octanol–water partition coefficient (Wildman–Crippen LogP) is 4.97. The number of carbonyl (C=O) groups is 2. The maximum absolute atomic E-state index is 13.1. The fourth-order valence-electron chi connectivity index (χ4n) is 3.33. The van der Waals surface area contributed by atoms with Crippen LogP contribution in [0.15, 0.2) is 85.1 Å². The van der Waals surface area contributed by atoms with Gasteiger partial charge in [0.2, 0.25) is 0 Å². The lowest BCUT2D eigenvalue weighted by Crippen LogP contribution is -2.26. The molecule has 1 amide bonds. The van der Waals surface area contributed by atoms with E-state index in [2.05, 4.69) is 5.32 Å². The average molecular weight is 384 g/mol. The third-order valence-corrected chi connectivity index (χ3v) is 4.64. The van der Waals surface area contributed by atoms with E-state index in [4.69, 9.17) is 4.74 Å². The highest BCUT2D eigenvalue weighted by atomic mass is 16.6. The largest absolute Gasteiger partial charge is 0.412 e. The van der Waals surface area contributed by atoms with E-state index in [1.807, 2.05) is 78.2 Å². The third kappa shape index (κ3) is 3.62. The van der Waals surface area contributed by atoms with E-state index in [1.165, 1.54) is 0 Å². The number of amides is 1. The van der Waals surface area contributed by atoms with E-state index in [9.17, 15) is 9.59 Å². The van der Waals surface area contributed by atoms with Crippen molar-refractivity contribution in [1.29, 1.82) is 0 Å². The number of para-hydroxylation sites is 2. The first-order valence-electron chi connectivity index (χ1n) is 9.44. The van der Waals surface area contributed by atoms with Crippen molar-refractivity contribution in [2.75, 3.05) is 6.54 Å². The minimum absolute atomic E-state index is 0.0647. The summed E-state index contributed by atoms with van der Waals surface area (Å²) in [5, 5.41) is 3.43. The summed E-state index contributed by atoms with van der Waals surface area (Å²) in [6.45, 7) is 2.31. The Bertz CT molecular complexity index is 1180. The second-order valence-corrected chi connectivity index (χ2v) is 6.51. The number of ether oxygens (including phenoxy) is 1. The van der Waals surface area contributed by atoms with Crippen LogP contribution in [-0.4, -0.2) is 23.0 Å². The molecule has 144 valence electrons. The number of benzene rings is 3. The summed E-state index contributed by atoms with van der Waals surface area (Å²) in [5.41, 5.74) is 2.77. The molecule has 0 aliphatic rings. The molecule has 5 heteroatoms. The highest BCUT2D eigenvalue weighted by Gasteiger charge is 2.18. The monoisotopic (exact) mass is 384 g/mol. The Morgan fingerprint density at radius 3 is 2.38 bits per heavy atom. The van der Waals surface area contributed by atoms with Crippen molar-refractivity contribution in [1.82, 2.24) is 9.88 Å². The van der Waals surface area contributed by atoms with Crippen LogP contribution >= 0.6 is 0 Å². The Balaban J connectivity index is 1.84. The fourth-order valence-corrected chi connectivity index (χ4v) is 3.33. The number of aromatic nitrogens is 1. The van der Waals surface area contributed by atoms with Gasteiger partial charge in [-0.3, -0.25) is 4.79 Å². The van der Waals surface area contributed by atoms with E-state index in [0.29, 0.717) is 23.4 Å². The fraction of sp³-hybridized carbons (Fsp3) is 0.0833. The molecule has 0 fully saturated rings. The Morgan fingerprint density at radius 1 is 0.897 bits per heavy atom. The van der Waals surface area contributed by atoms with Gasteiger partial charge in [0.05, 0.1) is 17.4 Å². The lowest BCUT2D eigenvalue weighted by molar-refractivity contribution is 0.103. The Hall–Kier alpha value is -3.86. The second kappa shape index (κ2) is 8.02. The molecule has 0 aliphatic carbocycles. The van der Waals surface area contributed by atoms with Gasteiger partial charge >= 0.3 is 6.09 Å². The Labute approximate surface area is 168 Å². The molecule has 1 heterocycles. The third-order valence-electron chi connectivity index (χ3n) is 4.64. The number of nitrogens with zero attached hydrogens (tertiary/aromatic N) is 1. The van der Waals surface area contributed by atoms with Crippen molar-refractivity contribution in [2.45, 2.75) is 6.92 Å². The molecular formula is C24H20N2O3. The molecule has 0 spiro atoms. The van der Waals surface area contributed by atoms with Gasteiger partial charge in [-0.2, -0.15) is 0 Å². The molecule has 29 heavy (non-hydrogen) atoms. The molecule has 0 unspecified atom stereocenters. The van der Waals surface area contributed by atoms with Crippen molar-refractivity contribution in [3.63, 3.8) is 0 Å².